The summed E-state index contributed by atoms with van der Waals surface area (Å²) in [5, 5.41) is 13.3. The van der Waals surface area contributed by atoms with Gasteiger partial charge >= 0.3 is 5.97 Å². The van der Waals surface area contributed by atoms with Gasteiger partial charge in [-0.05, 0) is 6.92 Å². The molecule has 90 valence electrons. The molecule has 1 aromatic heterocycles. The van der Waals surface area contributed by atoms with Gasteiger partial charge in [-0.3, -0.25) is 4.68 Å². The molecule has 5 heteroatoms. The van der Waals surface area contributed by atoms with Crippen LogP contribution >= 0.6 is 0 Å². The van der Waals surface area contributed by atoms with E-state index in [0.717, 1.165) is 11.3 Å². The van der Waals surface area contributed by atoms with Gasteiger partial charge in [0.2, 0.25) is 0 Å². The van der Waals surface area contributed by atoms with E-state index in [9.17, 15) is 4.79 Å². The third kappa shape index (κ3) is 2.09. The maximum atomic E-state index is 11.1. The van der Waals surface area contributed by atoms with Gasteiger partial charge in [-0.1, -0.05) is 13.8 Å². The van der Waals surface area contributed by atoms with Crippen LogP contribution in [-0.2, 0) is 22.0 Å². The number of carboxylic acid groups (broad SMARTS) is 1. The van der Waals surface area contributed by atoms with E-state index in [2.05, 4.69) is 5.10 Å². The van der Waals surface area contributed by atoms with Crippen LogP contribution in [0.4, 0.5) is 0 Å². The zero-order valence-electron chi connectivity index (χ0n) is 10.3. The van der Waals surface area contributed by atoms with E-state index in [0.29, 0.717) is 0 Å². The fraction of sp³-hybridized carbons (Fsp3) is 0.636. The lowest BCUT2D eigenvalue weighted by Gasteiger charge is -2.29. The molecule has 0 spiro atoms. The Kier molecular flexibility index (Phi) is 3.38. The molecule has 1 heterocycles. The number of methoxy groups -OCH3 is 1. The summed E-state index contributed by atoms with van der Waals surface area (Å²) in [6.07, 6.45) is 0.958. The van der Waals surface area contributed by atoms with Gasteiger partial charge in [-0.2, -0.15) is 5.10 Å². The molecule has 16 heavy (non-hydrogen) atoms. The Labute approximate surface area is 95.0 Å². The third-order valence-electron chi connectivity index (χ3n) is 2.82. The Bertz CT molecular complexity index is 396. The monoisotopic (exact) mass is 226 g/mol. The summed E-state index contributed by atoms with van der Waals surface area (Å²) in [6.45, 7) is 5.56. The molecule has 1 atom stereocenters. The number of rotatable bonds is 4. The Morgan fingerprint density at radius 3 is 2.50 bits per heavy atom. The van der Waals surface area contributed by atoms with Gasteiger partial charge in [0.05, 0.1) is 5.69 Å². The fourth-order valence-electron chi connectivity index (χ4n) is 2.08. The Morgan fingerprint density at radius 2 is 2.19 bits per heavy atom. The fourth-order valence-corrected chi connectivity index (χ4v) is 2.08. The first-order chi connectivity index (χ1) is 7.30. The summed E-state index contributed by atoms with van der Waals surface area (Å²) >= 11 is 0. The first-order valence-electron chi connectivity index (χ1n) is 5.07. The zero-order valence-corrected chi connectivity index (χ0v) is 10.3. The van der Waals surface area contributed by atoms with Gasteiger partial charge in [-0.15, -0.1) is 0 Å². The maximum absolute atomic E-state index is 11.1. The zero-order chi connectivity index (χ0) is 12.5. The lowest BCUT2D eigenvalue weighted by atomic mass is 9.79. The topological polar surface area (TPSA) is 64.3 Å². The number of ether oxygens (including phenoxy) is 1. The van der Waals surface area contributed by atoms with Gasteiger partial charge < -0.3 is 9.84 Å². The number of nitrogens with zero attached hydrogens (tertiary/aromatic N) is 2. The van der Waals surface area contributed by atoms with E-state index in [1.165, 1.54) is 7.11 Å². The van der Waals surface area contributed by atoms with E-state index in [1.54, 1.807) is 4.68 Å². The summed E-state index contributed by atoms with van der Waals surface area (Å²) in [7, 11) is 3.22. The van der Waals surface area contributed by atoms with Crippen LogP contribution in [0.25, 0.3) is 0 Å². The smallest absolute Gasteiger partial charge is 0.333 e. The SMILES string of the molecule is COC(C(=O)O)C(C)(C)c1cn(C)nc1C. The standard InChI is InChI=1S/C11H18N2O3/c1-7-8(6-13(4)12-7)11(2,3)9(16-5)10(14)15/h6,9H,1-5H3,(H,14,15). The Hall–Kier alpha value is -1.36. The van der Waals surface area contributed by atoms with Crippen LogP contribution in [0.3, 0.4) is 0 Å². The van der Waals surface area contributed by atoms with Crippen molar-refractivity contribution < 1.29 is 14.6 Å². The van der Waals surface area contributed by atoms with Gasteiger partial charge in [0, 0.05) is 31.3 Å². The molecule has 0 radical (unpaired) electrons. The normalized spacial score (nSPS) is 13.8. The summed E-state index contributed by atoms with van der Waals surface area (Å²) in [5.74, 6) is -0.962. The van der Waals surface area contributed by atoms with Crippen molar-refractivity contribution in [2.75, 3.05) is 7.11 Å². The number of carboxylic acids is 1. The molecule has 0 saturated heterocycles. The highest BCUT2D eigenvalue weighted by Gasteiger charge is 2.39. The molecule has 1 N–H and O–H groups in total. The minimum atomic E-state index is -0.962. The highest BCUT2D eigenvalue weighted by Crippen LogP contribution is 2.30. The number of hydrogen-bond donors (Lipinski definition) is 1. The van der Waals surface area contributed by atoms with Gasteiger partial charge in [0.15, 0.2) is 6.10 Å². The van der Waals surface area contributed by atoms with Crippen LogP contribution in [0.2, 0.25) is 0 Å². The second kappa shape index (κ2) is 4.25. The molecule has 0 fully saturated rings. The minimum absolute atomic E-state index is 0.612. The van der Waals surface area contributed by atoms with Crippen LogP contribution in [0.1, 0.15) is 25.1 Å². The second-order valence-electron chi connectivity index (χ2n) is 4.48. The summed E-state index contributed by atoms with van der Waals surface area (Å²) in [4.78, 5) is 11.1. The molecule has 1 unspecified atom stereocenters. The lowest BCUT2D eigenvalue weighted by Crippen LogP contribution is -2.41. The second-order valence-corrected chi connectivity index (χ2v) is 4.48. The number of aromatic nitrogens is 2. The average molecular weight is 226 g/mol. The van der Waals surface area contributed by atoms with Crippen molar-refractivity contribution in [3.05, 3.63) is 17.5 Å². The molecule has 0 saturated carbocycles. The first-order valence-corrected chi connectivity index (χ1v) is 5.07. The molecule has 0 bridgehead atoms. The molecule has 1 aromatic rings. The molecular weight excluding hydrogens is 208 g/mol. The maximum Gasteiger partial charge on any atom is 0.333 e. The Morgan fingerprint density at radius 1 is 1.62 bits per heavy atom. The van der Waals surface area contributed by atoms with E-state index in [-0.39, 0.29) is 0 Å². The minimum Gasteiger partial charge on any atom is -0.479 e. The average Bonchev–Trinajstić information content (AvgIpc) is 2.45. The Balaban J connectivity index is 3.18. The van der Waals surface area contributed by atoms with E-state index in [4.69, 9.17) is 9.84 Å². The van der Waals surface area contributed by atoms with E-state index >= 15 is 0 Å². The summed E-state index contributed by atoms with van der Waals surface area (Å²) in [5.41, 5.74) is 1.11. The predicted molar refractivity (Wildman–Crippen MR) is 59.4 cm³/mol. The van der Waals surface area contributed by atoms with E-state index < -0.39 is 17.5 Å². The third-order valence-corrected chi connectivity index (χ3v) is 2.82. The van der Waals surface area contributed by atoms with Gasteiger partial charge in [0.25, 0.3) is 0 Å². The number of aryl methyl sites for hydroxylation is 2. The van der Waals surface area contributed by atoms with Crippen LogP contribution in [0, 0.1) is 6.92 Å². The molecule has 0 aromatic carbocycles. The van der Waals surface area contributed by atoms with Crippen molar-refractivity contribution in [2.24, 2.45) is 7.05 Å². The van der Waals surface area contributed by atoms with Crippen molar-refractivity contribution in [3.8, 4) is 0 Å². The first kappa shape index (κ1) is 12.7. The van der Waals surface area contributed by atoms with Crippen molar-refractivity contribution in [3.63, 3.8) is 0 Å². The number of hydrogen-bond acceptors (Lipinski definition) is 3. The van der Waals surface area contributed by atoms with Crippen molar-refractivity contribution in [1.29, 1.82) is 0 Å². The molecule has 0 aliphatic rings. The lowest BCUT2D eigenvalue weighted by molar-refractivity contribution is -0.152. The van der Waals surface area contributed by atoms with Gasteiger partial charge in [0.1, 0.15) is 0 Å². The summed E-state index contributed by atoms with van der Waals surface area (Å²) in [6, 6.07) is 0. The van der Waals surface area contributed by atoms with Crippen molar-refractivity contribution >= 4 is 5.97 Å². The van der Waals surface area contributed by atoms with Crippen LogP contribution in [-0.4, -0.2) is 34.1 Å². The largest absolute Gasteiger partial charge is 0.479 e. The molecule has 0 aliphatic carbocycles. The quantitative estimate of drug-likeness (QED) is 0.835. The van der Waals surface area contributed by atoms with Crippen LogP contribution in [0.15, 0.2) is 6.20 Å². The van der Waals surface area contributed by atoms with E-state index in [1.807, 2.05) is 34.0 Å². The molecular formula is C11H18N2O3. The predicted octanol–water partition coefficient (Wildman–Crippen LogP) is 1.11. The highest BCUT2D eigenvalue weighted by molar-refractivity contribution is 5.74. The molecule has 0 aliphatic heterocycles. The van der Waals surface area contributed by atoms with Gasteiger partial charge in [-0.25, -0.2) is 4.79 Å². The van der Waals surface area contributed by atoms with Crippen molar-refractivity contribution in [1.82, 2.24) is 9.78 Å². The summed E-state index contributed by atoms with van der Waals surface area (Å²) < 4.78 is 6.74. The molecule has 0 amide bonds. The number of carbonyl (C=O) groups is 1. The van der Waals surface area contributed by atoms with Crippen LogP contribution < -0.4 is 0 Å². The highest BCUT2D eigenvalue weighted by atomic mass is 16.5. The number of aliphatic carboxylic acids is 1. The molecule has 1 rings (SSSR count). The van der Waals surface area contributed by atoms with Crippen molar-refractivity contribution in [2.45, 2.75) is 32.3 Å². The van der Waals surface area contributed by atoms with Crippen LogP contribution in [0.5, 0.6) is 0 Å². The molecule has 5 nitrogen and oxygen atoms in total.